The number of ether oxygens (including phenoxy) is 2. The van der Waals surface area contributed by atoms with Crippen molar-refractivity contribution < 1.29 is 9.47 Å². The third kappa shape index (κ3) is 2.30. The van der Waals surface area contributed by atoms with Crippen molar-refractivity contribution in [2.75, 3.05) is 13.2 Å². The van der Waals surface area contributed by atoms with Crippen LogP contribution in [-0.4, -0.2) is 19.5 Å². The number of rotatable bonds is 1. The monoisotopic (exact) mass is 238 g/mol. The van der Waals surface area contributed by atoms with Crippen LogP contribution in [0.1, 0.15) is 41.0 Å². The van der Waals surface area contributed by atoms with E-state index in [9.17, 15) is 0 Å². The molecule has 1 spiro atoms. The van der Waals surface area contributed by atoms with Crippen LogP contribution >= 0.6 is 0 Å². The van der Waals surface area contributed by atoms with E-state index in [4.69, 9.17) is 9.47 Å². The van der Waals surface area contributed by atoms with Gasteiger partial charge in [0.05, 0.1) is 13.2 Å². The van der Waals surface area contributed by atoms with Gasteiger partial charge < -0.3 is 9.47 Å². The lowest BCUT2D eigenvalue weighted by Crippen LogP contribution is -2.51. The van der Waals surface area contributed by atoms with Gasteiger partial charge in [0.1, 0.15) is 0 Å². The quantitative estimate of drug-likeness (QED) is 0.650. The zero-order chi connectivity index (χ0) is 12.6. The van der Waals surface area contributed by atoms with Crippen LogP contribution in [0, 0.1) is 23.2 Å². The highest BCUT2D eigenvalue weighted by atomic mass is 16.7. The van der Waals surface area contributed by atoms with Crippen molar-refractivity contribution in [3.63, 3.8) is 0 Å². The molecular weight excluding hydrogens is 212 g/mol. The first kappa shape index (κ1) is 13.1. The summed E-state index contributed by atoms with van der Waals surface area (Å²) < 4.78 is 11.9. The molecule has 2 heteroatoms. The molecule has 0 saturated carbocycles. The molecule has 0 N–H and O–H groups in total. The molecule has 2 aliphatic rings. The van der Waals surface area contributed by atoms with Gasteiger partial charge in [0, 0.05) is 11.3 Å². The molecule has 0 aromatic carbocycles. The lowest BCUT2D eigenvalue weighted by Gasteiger charge is -2.50. The van der Waals surface area contributed by atoms with Crippen LogP contribution < -0.4 is 0 Å². The maximum Gasteiger partial charge on any atom is 0.159 e. The molecule has 1 saturated heterocycles. The molecule has 2 nitrogen and oxygen atoms in total. The maximum atomic E-state index is 5.96. The molecule has 98 valence electrons. The van der Waals surface area contributed by atoms with Gasteiger partial charge in [-0.05, 0) is 25.2 Å². The van der Waals surface area contributed by atoms with Gasteiger partial charge >= 0.3 is 0 Å². The summed E-state index contributed by atoms with van der Waals surface area (Å²) in [5, 5.41) is 0. The lowest BCUT2D eigenvalue weighted by molar-refractivity contribution is -0.264. The highest BCUT2D eigenvalue weighted by molar-refractivity contribution is 5.13. The van der Waals surface area contributed by atoms with Crippen LogP contribution in [0.3, 0.4) is 0 Å². The van der Waals surface area contributed by atoms with E-state index >= 15 is 0 Å². The Morgan fingerprint density at radius 3 is 2.29 bits per heavy atom. The minimum Gasteiger partial charge on any atom is -0.352 e. The SMILES string of the molecule is CC1=C[C@H](C)C2(COC(C(C)C)OC2)[C@H](C)C1. The summed E-state index contributed by atoms with van der Waals surface area (Å²) >= 11 is 0. The van der Waals surface area contributed by atoms with E-state index in [-0.39, 0.29) is 11.7 Å². The van der Waals surface area contributed by atoms with Crippen LogP contribution in [0.2, 0.25) is 0 Å². The standard InChI is InChI=1S/C15H26O2/c1-10(2)14-16-8-15(9-17-14)12(4)6-11(3)7-13(15)5/h6,10,12-14H,7-9H2,1-5H3/t12-,13+,14?,15?/m0/s1. The Balaban J connectivity index is 2.11. The van der Waals surface area contributed by atoms with Crippen molar-refractivity contribution in [3.8, 4) is 0 Å². The number of hydrogen-bond donors (Lipinski definition) is 0. The summed E-state index contributed by atoms with van der Waals surface area (Å²) in [5.74, 6) is 1.65. The Morgan fingerprint density at radius 2 is 1.82 bits per heavy atom. The maximum absolute atomic E-state index is 5.96. The average molecular weight is 238 g/mol. The van der Waals surface area contributed by atoms with Crippen molar-refractivity contribution in [1.82, 2.24) is 0 Å². The third-order valence-electron chi connectivity index (χ3n) is 4.63. The Labute approximate surface area is 105 Å². The normalized spacial score (nSPS) is 42.9. The van der Waals surface area contributed by atoms with Gasteiger partial charge in [-0.1, -0.05) is 39.3 Å². The van der Waals surface area contributed by atoms with Gasteiger partial charge in [-0.25, -0.2) is 0 Å². The van der Waals surface area contributed by atoms with E-state index in [0.717, 1.165) is 13.2 Å². The lowest BCUT2D eigenvalue weighted by atomic mass is 9.63. The third-order valence-corrected chi connectivity index (χ3v) is 4.63. The zero-order valence-corrected chi connectivity index (χ0v) is 11.8. The first-order valence-corrected chi connectivity index (χ1v) is 6.86. The molecule has 1 aliphatic carbocycles. The summed E-state index contributed by atoms with van der Waals surface area (Å²) in [5.41, 5.74) is 1.71. The van der Waals surface area contributed by atoms with Crippen molar-refractivity contribution in [2.45, 2.75) is 47.3 Å². The van der Waals surface area contributed by atoms with Crippen molar-refractivity contribution in [1.29, 1.82) is 0 Å². The number of allylic oxidation sites excluding steroid dienone is 2. The largest absolute Gasteiger partial charge is 0.352 e. The van der Waals surface area contributed by atoms with E-state index in [0.29, 0.717) is 17.8 Å². The van der Waals surface area contributed by atoms with E-state index in [1.807, 2.05) is 0 Å². The molecule has 17 heavy (non-hydrogen) atoms. The Morgan fingerprint density at radius 1 is 1.24 bits per heavy atom. The van der Waals surface area contributed by atoms with Crippen LogP contribution in [0.5, 0.6) is 0 Å². The molecular formula is C15H26O2. The highest BCUT2D eigenvalue weighted by Crippen LogP contribution is 2.47. The highest BCUT2D eigenvalue weighted by Gasteiger charge is 2.46. The fourth-order valence-corrected chi connectivity index (χ4v) is 3.29. The predicted octanol–water partition coefficient (Wildman–Crippen LogP) is 3.62. The predicted molar refractivity (Wildman–Crippen MR) is 69.7 cm³/mol. The molecule has 1 aliphatic heterocycles. The van der Waals surface area contributed by atoms with Gasteiger partial charge in [-0.2, -0.15) is 0 Å². The summed E-state index contributed by atoms with van der Waals surface area (Å²) in [4.78, 5) is 0. The minimum absolute atomic E-state index is 0.00738. The minimum atomic E-state index is -0.00738. The molecule has 2 rings (SSSR count). The first-order valence-electron chi connectivity index (χ1n) is 6.86. The number of hydrogen-bond acceptors (Lipinski definition) is 2. The zero-order valence-electron chi connectivity index (χ0n) is 11.8. The summed E-state index contributed by atoms with van der Waals surface area (Å²) in [6, 6.07) is 0. The summed E-state index contributed by atoms with van der Waals surface area (Å²) in [6.45, 7) is 12.9. The summed E-state index contributed by atoms with van der Waals surface area (Å²) in [6.07, 6.45) is 3.58. The van der Waals surface area contributed by atoms with E-state index in [1.54, 1.807) is 0 Å². The average Bonchev–Trinajstić information content (AvgIpc) is 2.26. The second-order valence-corrected chi connectivity index (χ2v) is 6.37. The molecule has 0 unspecified atom stereocenters. The molecule has 0 bridgehead atoms. The second-order valence-electron chi connectivity index (χ2n) is 6.37. The van der Waals surface area contributed by atoms with E-state index in [1.165, 1.54) is 12.0 Å². The molecule has 2 atom stereocenters. The van der Waals surface area contributed by atoms with Crippen molar-refractivity contribution >= 4 is 0 Å². The molecule has 1 heterocycles. The molecule has 0 aromatic rings. The van der Waals surface area contributed by atoms with Crippen LogP contribution in [0.25, 0.3) is 0 Å². The Bertz CT molecular complexity index is 298. The topological polar surface area (TPSA) is 18.5 Å². The van der Waals surface area contributed by atoms with Crippen molar-refractivity contribution in [3.05, 3.63) is 11.6 Å². The van der Waals surface area contributed by atoms with E-state index in [2.05, 4.69) is 40.7 Å². The van der Waals surface area contributed by atoms with Gasteiger partial charge in [-0.3, -0.25) is 0 Å². The molecule has 0 amide bonds. The Hall–Kier alpha value is -0.340. The molecule has 0 radical (unpaired) electrons. The van der Waals surface area contributed by atoms with Crippen molar-refractivity contribution in [2.24, 2.45) is 23.2 Å². The van der Waals surface area contributed by atoms with Gasteiger partial charge in [0.15, 0.2) is 6.29 Å². The van der Waals surface area contributed by atoms with Gasteiger partial charge in [0.2, 0.25) is 0 Å². The van der Waals surface area contributed by atoms with Gasteiger partial charge in [0.25, 0.3) is 0 Å². The smallest absolute Gasteiger partial charge is 0.159 e. The van der Waals surface area contributed by atoms with Gasteiger partial charge in [-0.15, -0.1) is 0 Å². The fourth-order valence-electron chi connectivity index (χ4n) is 3.29. The van der Waals surface area contributed by atoms with E-state index < -0.39 is 0 Å². The van der Waals surface area contributed by atoms with Crippen LogP contribution in [0.15, 0.2) is 11.6 Å². The molecule has 0 aromatic heterocycles. The first-order chi connectivity index (χ1) is 7.95. The summed E-state index contributed by atoms with van der Waals surface area (Å²) in [7, 11) is 0. The van der Waals surface area contributed by atoms with Crippen LogP contribution in [-0.2, 0) is 9.47 Å². The van der Waals surface area contributed by atoms with Crippen LogP contribution in [0.4, 0.5) is 0 Å². The molecule has 1 fully saturated rings. The Kier molecular flexibility index (Phi) is 3.65. The second kappa shape index (κ2) is 4.74. The fraction of sp³-hybridized carbons (Fsp3) is 0.867.